The van der Waals surface area contributed by atoms with Crippen molar-refractivity contribution >= 4 is 27.5 Å². The van der Waals surface area contributed by atoms with Gasteiger partial charge in [0.05, 0.1) is 16.1 Å². The van der Waals surface area contributed by atoms with E-state index in [4.69, 9.17) is 0 Å². The van der Waals surface area contributed by atoms with Crippen molar-refractivity contribution in [3.05, 3.63) is 101 Å². The van der Waals surface area contributed by atoms with Crippen molar-refractivity contribution in [1.82, 2.24) is 9.99 Å². The van der Waals surface area contributed by atoms with Crippen LogP contribution >= 0.6 is 11.3 Å². The standard InChI is InChI=1S/C22H19N3OS/c1-25-18-14-8-9-15-19(18)27-22(25)24-23-21(26)20(16-10-4-2-5-11-16)17-12-6-3-7-13-17/h2-15,20H,1H3,(H,23,26)/b24-22+. The molecule has 4 aromatic rings. The second-order valence-electron chi connectivity index (χ2n) is 6.25. The average molecular weight is 373 g/mol. The van der Waals surface area contributed by atoms with Crippen LogP contribution in [0.25, 0.3) is 10.2 Å². The third-order valence-electron chi connectivity index (χ3n) is 4.50. The van der Waals surface area contributed by atoms with Gasteiger partial charge in [-0.05, 0) is 23.3 Å². The molecule has 1 aromatic heterocycles. The molecule has 0 radical (unpaired) electrons. The first-order chi connectivity index (χ1) is 13.2. The summed E-state index contributed by atoms with van der Waals surface area (Å²) < 4.78 is 3.12. The predicted octanol–water partition coefficient (Wildman–Crippen LogP) is 4.00. The van der Waals surface area contributed by atoms with E-state index < -0.39 is 5.92 Å². The van der Waals surface area contributed by atoms with E-state index in [9.17, 15) is 4.79 Å². The maximum absolute atomic E-state index is 13.0. The van der Waals surface area contributed by atoms with Crippen LogP contribution in [0, 0.1) is 0 Å². The topological polar surface area (TPSA) is 46.4 Å². The van der Waals surface area contributed by atoms with E-state index in [1.165, 1.54) is 0 Å². The van der Waals surface area contributed by atoms with Crippen molar-refractivity contribution < 1.29 is 4.79 Å². The van der Waals surface area contributed by atoms with Gasteiger partial charge in [0, 0.05) is 7.05 Å². The quantitative estimate of drug-likeness (QED) is 0.540. The Hall–Kier alpha value is -3.18. The van der Waals surface area contributed by atoms with Gasteiger partial charge in [-0.1, -0.05) is 84.1 Å². The molecule has 0 atom stereocenters. The van der Waals surface area contributed by atoms with Gasteiger partial charge in [0.25, 0.3) is 5.91 Å². The molecule has 0 bridgehead atoms. The maximum atomic E-state index is 13.0. The summed E-state index contributed by atoms with van der Waals surface area (Å²) in [7, 11) is 1.95. The summed E-state index contributed by atoms with van der Waals surface area (Å²) in [6.07, 6.45) is 0. The van der Waals surface area contributed by atoms with Crippen LogP contribution in [-0.2, 0) is 11.8 Å². The molecule has 1 amide bonds. The van der Waals surface area contributed by atoms with E-state index in [-0.39, 0.29) is 5.91 Å². The lowest BCUT2D eigenvalue weighted by atomic mass is 9.91. The van der Waals surface area contributed by atoms with E-state index in [1.54, 1.807) is 11.3 Å². The molecule has 1 N–H and O–H groups in total. The molecule has 4 nitrogen and oxygen atoms in total. The third kappa shape index (κ3) is 3.55. The van der Waals surface area contributed by atoms with Crippen LogP contribution in [0.2, 0.25) is 0 Å². The lowest BCUT2D eigenvalue weighted by molar-refractivity contribution is -0.121. The fraction of sp³-hybridized carbons (Fsp3) is 0.0909. The van der Waals surface area contributed by atoms with Gasteiger partial charge >= 0.3 is 0 Å². The maximum Gasteiger partial charge on any atom is 0.252 e. The van der Waals surface area contributed by atoms with Crippen molar-refractivity contribution in [2.45, 2.75) is 5.92 Å². The summed E-state index contributed by atoms with van der Waals surface area (Å²) in [4.78, 5) is 13.8. The molecule has 0 spiro atoms. The third-order valence-corrected chi connectivity index (χ3v) is 5.62. The van der Waals surface area contributed by atoms with Gasteiger partial charge in [-0.25, -0.2) is 5.43 Å². The van der Waals surface area contributed by atoms with Crippen LogP contribution in [0.3, 0.4) is 0 Å². The minimum Gasteiger partial charge on any atom is -0.318 e. The van der Waals surface area contributed by atoms with Crippen molar-refractivity contribution in [3.63, 3.8) is 0 Å². The Morgan fingerprint density at radius 1 is 0.889 bits per heavy atom. The van der Waals surface area contributed by atoms with Gasteiger partial charge in [0.2, 0.25) is 4.80 Å². The molecular weight excluding hydrogens is 354 g/mol. The number of fused-ring (bicyclic) bond motifs is 1. The number of hydrogen-bond acceptors (Lipinski definition) is 3. The molecule has 0 saturated carbocycles. The van der Waals surface area contributed by atoms with Crippen LogP contribution in [0.5, 0.6) is 0 Å². The predicted molar refractivity (Wildman–Crippen MR) is 109 cm³/mol. The summed E-state index contributed by atoms with van der Waals surface area (Å²) in [5.41, 5.74) is 5.75. The number of benzene rings is 3. The normalized spacial score (nSPS) is 11.9. The molecule has 5 heteroatoms. The number of rotatable bonds is 4. The molecule has 4 rings (SSSR count). The Bertz CT molecular complexity index is 1090. The smallest absolute Gasteiger partial charge is 0.252 e. The van der Waals surface area contributed by atoms with E-state index in [2.05, 4.69) is 16.6 Å². The lowest BCUT2D eigenvalue weighted by Crippen LogP contribution is -2.29. The number of thiazole rings is 1. The highest BCUT2D eigenvalue weighted by Crippen LogP contribution is 2.24. The number of amides is 1. The van der Waals surface area contributed by atoms with Crippen LogP contribution < -0.4 is 10.2 Å². The van der Waals surface area contributed by atoms with Crippen molar-refractivity contribution in [1.29, 1.82) is 0 Å². The molecule has 134 valence electrons. The Balaban J connectivity index is 1.69. The minimum absolute atomic E-state index is 0.148. The van der Waals surface area contributed by atoms with Gasteiger partial charge in [-0.2, -0.15) is 0 Å². The second kappa shape index (κ2) is 7.60. The Morgan fingerprint density at radius 3 is 2.04 bits per heavy atom. The van der Waals surface area contributed by atoms with E-state index in [0.717, 1.165) is 26.1 Å². The first-order valence-corrected chi connectivity index (χ1v) is 9.54. The summed E-state index contributed by atoms with van der Waals surface area (Å²) in [5.74, 6) is -0.555. The Morgan fingerprint density at radius 2 is 1.44 bits per heavy atom. The molecule has 0 aliphatic carbocycles. The average Bonchev–Trinajstić information content (AvgIpc) is 3.04. The van der Waals surface area contributed by atoms with Gasteiger partial charge in [0.1, 0.15) is 0 Å². The minimum atomic E-state index is -0.407. The van der Waals surface area contributed by atoms with Crippen molar-refractivity contribution in [2.75, 3.05) is 0 Å². The fourth-order valence-corrected chi connectivity index (χ4v) is 4.12. The number of para-hydroxylation sites is 1. The van der Waals surface area contributed by atoms with Gasteiger partial charge < -0.3 is 4.57 Å². The molecule has 0 saturated heterocycles. The first-order valence-electron chi connectivity index (χ1n) is 8.72. The summed E-state index contributed by atoms with van der Waals surface area (Å²) in [5, 5.41) is 4.40. The number of nitrogens with zero attached hydrogens (tertiary/aromatic N) is 2. The zero-order valence-corrected chi connectivity index (χ0v) is 15.7. The number of carbonyl (C=O) groups excluding carboxylic acids is 1. The second-order valence-corrected chi connectivity index (χ2v) is 7.26. The van der Waals surface area contributed by atoms with Gasteiger partial charge in [-0.3, -0.25) is 4.79 Å². The summed E-state index contributed by atoms with van der Waals surface area (Å²) >= 11 is 1.55. The van der Waals surface area contributed by atoms with Crippen LogP contribution in [0.4, 0.5) is 0 Å². The SMILES string of the molecule is Cn1/c(=N\NC(=O)C(c2ccccc2)c2ccccc2)sc2ccccc21. The number of aryl methyl sites for hydroxylation is 1. The van der Waals surface area contributed by atoms with Crippen molar-refractivity contribution in [2.24, 2.45) is 12.1 Å². The molecule has 3 aromatic carbocycles. The highest BCUT2D eigenvalue weighted by atomic mass is 32.1. The van der Waals surface area contributed by atoms with Crippen LogP contribution in [0.15, 0.2) is 90.0 Å². The Kier molecular flexibility index (Phi) is 4.85. The Labute approximate surface area is 161 Å². The molecule has 0 fully saturated rings. The molecule has 0 aliphatic rings. The number of hydrogen-bond donors (Lipinski definition) is 1. The summed E-state index contributed by atoms with van der Waals surface area (Å²) in [6.45, 7) is 0. The lowest BCUT2D eigenvalue weighted by Gasteiger charge is -2.16. The van der Waals surface area contributed by atoms with Gasteiger partial charge in [-0.15, -0.1) is 5.10 Å². The molecule has 0 unspecified atom stereocenters. The fourth-order valence-electron chi connectivity index (χ4n) is 3.14. The van der Waals surface area contributed by atoms with E-state index in [1.807, 2.05) is 90.5 Å². The largest absolute Gasteiger partial charge is 0.318 e. The van der Waals surface area contributed by atoms with E-state index in [0.29, 0.717) is 0 Å². The molecule has 27 heavy (non-hydrogen) atoms. The summed E-state index contributed by atoms with van der Waals surface area (Å²) in [6, 6.07) is 27.7. The molecule has 1 heterocycles. The molecule has 0 aliphatic heterocycles. The number of carbonyl (C=O) groups is 1. The number of aromatic nitrogens is 1. The van der Waals surface area contributed by atoms with Crippen molar-refractivity contribution in [3.8, 4) is 0 Å². The van der Waals surface area contributed by atoms with Gasteiger partial charge in [0.15, 0.2) is 0 Å². The zero-order chi connectivity index (χ0) is 18.6. The van der Waals surface area contributed by atoms with Crippen LogP contribution in [0.1, 0.15) is 17.0 Å². The number of nitrogens with one attached hydrogen (secondary N) is 1. The monoisotopic (exact) mass is 373 g/mol. The first kappa shape index (κ1) is 17.2. The highest BCUT2D eigenvalue weighted by molar-refractivity contribution is 7.16. The zero-order valence-electron chi connectivity index (χ0n) is 14.9. The highest BCUT2D eigenvalue weighted by Gasteiger charge is 2.22. The molecular formula is C22H19N3OS. The van der Waals surface area contributed by atoms with E-state index >= 15 is 0 Å². The van der Waals surface area contributed by atoms with Crippen LogP contribution in [-0.4, -0.2) is 10.5 Å².